The lowest BCUT2D eigenvalue weighted by Crippen LogP contribution is -2.45. The summed E-state index contributed by atoms with van der Waals surface area (Å²) >= 11 is 0. The maximum atomic E-state index is 15.3. The van der Waals surface area contributed by atoms with Crippen molar-refractivity contribution in [2.75, 3.05) is 12.3 Å². The van der Waals surface area contributed by atoms with Gasteiger partial charge in [-0.2, -0.15) is 0 Å². The molecule has 14 heteroatoms. The third-order valence-corrected chi connectivity index (χ3v) is 7.23. The molecule has 1 aliphatic rings. The summed E-state index contributed by atoms with van der Waals surface area (Å²) in [5, 5.41) is 2.51. The Bertz CT molecular complexity index is 1690. The standard InChI is InChI=1S/C33H35F4N3O7/c1-33(2,3)47-32(44)39-26(31(43)46-19-7-4-5-8-19)9-6-14-45-20-16-24(36)28(25(37)17-20)40-27(41)13-12-22(30(40)38)29(42)21-11-10-18(34)15-23(21)35/h10-13,15-17,19,26H,4-9,14,38H2,1-3H3,(H,39,44)/t26-/m0/s1. The molecule has 3 aromatic rings. The van der Waals surface area contributed by atoms with Gasteiger partial charge in [0, 0.05) is 24.3 Å². The summed E-state index contributed by atoms with van der Waals surface area (Å²) in [4.78, 5) is 50.8. The lowest BCUT2D eigenvalue weighted by atomic mass is 10.0. The summed E-state index contributed by atoms with van der Waals surface area (Å²) in [7, 11) is 0. The van der Waals surface area contributed by atoms with E-state index < -0.39 is 80.9 Å². The van der Waals surface area contributed by atoms with Gasteiger partial charge in [0.1, 0.15) is 46.6 Å². The molecule has 47 heavy (non-hydrogen) atoms. The molecule has 0 aliphatic heterocycles. The molecule has 10 nitrogen and oxygen atoms in total. The SMILES string of the molecule is CC(C)(C)OC(=O)N[C@@H](CCCOc1cc(F)c(-n2c(N)c(C(=O)c3ccc(F)cc3F)ccc2=O)c(F)c1)C(=O)OC1CCCC1. The van der Waals surface area contributed by atoms with Gasteiger partial charge >= 0.3 is 12.1 Å². The Morgan fingerprint density at radius 3 is 2.21 bits per heavy atom. The van der Waals surface area contributed by atoms with Crippen LogP contribution in [0.1, 0.15) is 75.2 Å². The van der Waals surface area contributed by atoms with Crippen LogP contribution in [0.25, 0.3) is 5.69 Å². The number of rotatable bonds is 11. The van der Waals surface area contributed by atoms with Gasteiger partial charge in [-0.25, -0.2) is 27.2 Å². The second kappa shape index (κ2) is 14.7. The van der Waals surface area contributed by atoms with E-state index in [0.29, 0.717) is 10.6 Å². The first kappa shape index (κ1) is 35.0. The first-order chi connectivity index (χ1) is 22.1. The Hall–Kier alpha value is -4.88. The van der Waals surface area contributed by atoms with Crippen LogP contribution in [-0.2, 0) is 14.3 Å². The van der Waals surface area contributed by atoms with Crippen LogP contribution in [0.15, 0.2) is 47.3 Å². The summed E-state index contributed by atoms with van der Waals surface area (Å²) < 4.78 is 74.9. The highest BCUT2D eigenvalue weighted by atomic mass is 19.1. The van der Waals surface area contributed by atoms with E-state index in [2.05, 4.69) is 5.32 Å². The van der Waals surface area contributed by atoms with Gasteiger partial charge in [0.05, 0.1) is 17.7 Å². The van der Waals surface area contributed by atoms with E-state index >= 15 is 8.78 Å². The smallest absolute Gasteiger partial charge is 0.408 e. The number of hydrogen-bond acceptors (Lipinski definition) is 8. The van der Waals surface area contributed by atoms with Gasteiger partial charge in [0.2, 0.25) is 0 Å². The highest BCUT2D eigenvalue weighted by Crippen LogP contribution is 2.28. The summed E-state index contributed by atoms with van der Waals surface area (Å²) in [6.07, 6.45) is 2.49. The van der Waals surface area contributed by atoms with Crippen molar-refractivity contribution in [1.82, 2.24) is 9.88 Å². The van der Waals surface area contributed by atoms with Gasteiger partial charge in [-0.15, -0.1) is 0 Å². The van der Waals surface area contributed by atoms with Crippen LogP contribution in [0.4, 0.5) is 28.2 Å². The van der Waals surface area contributed by atoms with Crippen LogP contribution in [0.2, 0.25) is 0 Å². The van der Waals surface area contributed by atoms with Gasteiger partial charge < -0.3 is 25.3 Å². The van der Waals surface area contributed by atoms with E-state index in [9.17, 15) is 28.0 Å². The Kier molecular flexibility index (Phi) is 10.9. The molecule has 1 aliphatic carbocycles. The molecule has 1 aromatic heterocycles. The predicted molar refractivity (Wildman–Crippen MR) is 162 cm³/mol. The van der Waals surface area contributed by atoms with E-state index in [0.717, 1.165) is 62.1 Å². The number of esters is 1. The minimum absolute atomic E-state index is 0.0647. The molecule has 1 fully saturated rings. The fourth-order valence-corrected chi connectivity index (χ4v) is 5.06. The number of carbonyl (C=O) groups excluding carboxylic acids is 3. The van der Waals surface area contributed by atoms with Crippen molar-refractivity contribution in [2.45, 2.75) is 77.0 Å². The molecule has 0 saturated heterocycles. The molecular weight excluding hydrogens is 626 g/mol. The monoisotopic (exact) mass is 661 g/mol. The van der Waals surface area contributed by atoms with E-state index in [1.165, 1.54) is 0 Å². The minimum Gasteiger partial charge on any atom is -0.493 e. The van der Waals surface area contributed by atoms with Crippen LogP contribution in [0.5, 0.6) is 5.75 Å². The van der Waals surface area contributed by atoms with E-state index in [-0.39, 0.29) is 31.3 Å². The molecule has 1 amide bonds. The third kappa shape index (κ3) is 8.89. The molecule has 4 rings (SSSR count). The van der Waals surface area contributed by atoms with Crippen molar-refractivity contribution in [1.29, 1.82) is 0 Å². The van der Waals surface area contributed by atoms with E-state index in [1.54, 1.807) is 20.8 Å². The molecular formula is C33H35F4N3O7. The Balaban J connectivity index is 1.47. The van der Waals surface area contributed by atoms with Crippen LogP contribution < -0.4 is 21.3 Å². The number of nitrogens with two attached hydrogens (primary N) is 1. The number of pyridine rings is 1. The predicted octanol–water partition coefficient (Wildman–Crippen LogP) is 5.75. The Morgan fingerprint density at radius 1 is 0.957 bits per heavy atom. The lowest BCUT2D eigenvalue weighted by Gasteiger charge is -2.24. The zero-order chi connectivity index (χ0) is 34.5. The second-order valence-corrected chi connectivity index (χ2v) is 12.0. The minimum atomic E-state index is -1.27. The molecule has 3 N–H and O–H groups in total. The number of benzene rings is 2. The number of halogens is 4. The third-order valence-electron chi connectivity index (χ3n) is 7.23. The molecule has 1 heterocycles. The molecule has 0 unspecified atom stereocenters. The average molecular weight is 662 g/mol. The van der Waals surface area contributed by atoms with Crippen molar-refractivity contribution in [3.05, 3.63) is 87.2 Å². The van der Waals surface area contributed by atoms with Gasteiger partial charge in [0.15, 0.2) is 17.4 Å². The van der Waals surface area contributed by atoms with E-state index in [4.69, 9.17) is 19.9 Å². The number of alkyl carbamates (subject to hydrolysis) is 1. The van der Waals surface area contributed by atoms with Crippen molar-refractivity contribution in [3.63, 3.8) is 0 Å². The van der Waals surface area contributed by atoms with Crippen molar-refractivity contribution in [2.24, 2.45) is 0 Å². The number of nitrogens with one attached hydrogen (secondary N) is 1. The molecule has 2 aromatic carbocycles. The van der Waals surface area contributed by atoms with Gasteiger partial charge in [-0.3, -0.25) is 14.2 Å². The number of ketones is 1. The maximum absolute atomic E-state index is 15.3. The molecule has 0 bridgehead atoms. The first-order valence-electron chi connectivity index (χ1n) is 15.0. The largest absolute Gasteiger partial charge is 0.493 e. The van der Waals surface area contributed by atoms with Crippen molar-refractivity contribution in [3.8, 4) is 11.4 Å². The van der Waals surface area contributed by atoms with Crippen LogP contribution in [0, 0.1) is 23.3 Å². The number of amides is 1. The Labute approximate surface area is 267 Å². The van der Waals surface area contributed by atoms with Crippen LogP contribution in [0.3, 0.4) is 0 Å². The quantitative estimate of drug-likeness (QED) is 0.115. The lowest BCUT2D eigenvalue weighted by molar-refractivity contribution is -0.151. The normalized spacial score (nSPS) is 14.0. The molecule has 1 atom stereocenters. The zero-order valence-electron chi connectivity index (χ0n) is 26.0. The highest BCUT2D eigenvalue weighted by molar-refractivity contribution is 6.11. The fourth-order valence-electron chi connectivity index (χ4n) is 5.06. The molecule has 1 saturated carbocycles. The topological polar surface area (TPSA) is 139 Å². The van der Waals surface area contributed by atoms with Crippen LogP contribution >= 0.6 is 0 Å². The fraction of sp³-hybridized carbons (Fsp3) is 0.394. The maximum Gasteiger partial charge on any atom is 0.408 e. The summed E-state index contributed by atoms with van der Waals surface area (Å²) in [6.45, 7) is 4.89. The van der Waals surface area contributed by atoms with E-state index in [1.807, 2.05) is 0 Å². The average Bonchev–Trinajstić information content (AvgIpc) is 3.47. The number of aromatic nitrogens is 1. The molecule has 252 valence electrons. The van der Waals surface area contributed by atoms with Gasteiger partial charge in [-0.1, -0.05) is 0 Å². The summed E-state index contributed by atoms with van der Waals surface area (Å²) in [6, 6.07) is 4.54. The second-order valence-electron chi connectivity index (χ2n) is 12.0. The summed E-state index contributed by atoms with van der Waals surface area (Å²) in [5.41, 5.74) is 2.27. The van der Waals surface area contributed by atoms with Gasteiger partial charge in [-0.05, 0) is 77.5 Å². The number of nitrogens with zero attached hydrogens (tertiary/aromatic N) is 1. The number of carbonyl (C=O) groups is 3. The first-order valence-corrected chi connectivity index (χ1v) is 15.0. The van der Waals surface area contributed by atoms with Gasteiger partial charge in [0.25, 0.3) is 5.56 Å². The molecule has 0 spiro atoms. The number of hydrogen-bond donors (Lipinski definition) is 2. The number of ether oxygens (including phenoxy) is 3. The van der Waals surface area contributed by atoms with Crippen molar-refractivity contribution < 1.29 is 46.2 Å². The van der Waals surface area contributed by atoms with Crippen LogP contribution in [-0.4, -0.2) is 46.8 Å². The molecule has 0 radical (unpaired) electrons. The number of anilines is 1. The number of nitrogen functional groups attached to an aromatic ring is 1. The summed E-state index contributed by atoms with van der Waals surface area (Å²) in [5.74, 6) is -7.26. The van der Waals surface area contributed by atoms with Crippen molar-refractivity contribution >= 4 is 23.7 Å². The Morgan fingerprint density at radius 2 is 1.60 bits per heavy atom. The highest BCUT2D eigenvalue weighted by Gasteiger charge is 2.29. The zero-order valence-corrected chi connectivity index (χ0v) is 26.0.